The van der Waals surface area contributed by atoms with Gasteiger partial charge in [-0.25, -0.2) is 4.98 Å². The second kappa shape index (κ2) is 7.90. The van der Waals surface area contributed by atoms with E-state index in [9.17, 15) is 4.79 Å². The van der Waals surface area contributed by atoms with E-state index in [2.05, 4.69) is 27.3 Å². The lowest BCUT2D eigenvalue weighted by molar-refractivity contribution is -0.120. The minimum Gasteiger partial charge on any atom is -0.460 e. The molecule has 2 fully saturated rings. The number of carbonyl (C=O) groups is 1. The molecule has 2 aromatic carbocycles. The maximum atomic E-state index is 11.5. The number of para-hydroxylation sites is 1. The van der Waals surface area contributed by atoms with Crippen molar-refractivity contribution in [3.63, 3.8) is 0 Å². The molecule has 3 atom stereocenters. The van der Waals surface area contributed by atoms with Crippen LogP contribution in [0.3, 0.4) is 0 Å². The van der Waals surface area contributed by atoms with Crippen LogP contribution < -0.4 is 10.1 Å². The molecule has 2 saturated heterocycles. The van der Waals surface area contributed by atoms with Crippen LogP contribution in [0.5, 0.6) is 10.9 Å². The maximum absolute atomic E-state index is 11.5. The Hall–Kier alpha value is -2.90. The number of piperidine rings is 1. The van der Waals surface area contributed by atoms with Gasteiger partial charge in [0.1, 0.15) is 17.1 Å². The first-order valence-electron chi connectivity index (χ1n) is 11.2. The molecule has 0 saturated carbocycles. The average molecular weight is 448 g/mol. The molecule has 6 rings (SSSR count). The van der Waals surface area contributed by atoms with Crippen LogP contribution in [-0.4, -0.2) is 33.9 Å². The third-order valence-corrected chi connectivity index (χ3v) is 7.56. The topological polar surface area (TPSA) is 67.6 Å². The summed E-state index contributed by atoms with van der Waals surface area (Å²) in [5.74, 6) is 1.82. The highest BCUT2D eigenvalue weighted by Crippen LogP contribution is 2.38. The minimum atomic E-state index is 0.0732. The van der Waals surface area contributed by atoms with Gasteiger partial charge in [-0.05, 0) is 62.1 Å². The van der Waals surface area contributed by atoms with Gasteiger partial charge in [-0.2, -0.15) is 0 Å². The number of ether oxygens (including phenoxy) is 1. The summed E-state index contributed by atoms with van der Waals surface area (Å²) in [5.41, 5.74) is 1.83. The Bertz CT molecular complexity index is 1250. The van der Waals surface area contributed by atoms with E-state index >= 15 is 0 Å². The van der Waals surface area contributed by atoms with Crippen molar-refractivity contribution in [2.75, 3.05) is 0 Å². The summed E-state index contributed by atoms with van der Waals surface area (Å²) in [6, 6.07) is 17.4. The molecule has 4 heterocycles. The van der Waals surface area contributed by atoms with Gasteiger partial charge in [0.05, 0.1) is 16.8 Å². The SMILES string of the molecule is CC(=O)N[C@H]1C[C@H]2CC[C@@H](C1)N2Cc1cc2cc(Oc3nc4ccccc4s3)ccc2o1. The molecule has 32 heavy (non-hydrogen) atoms. The lowest BCUT2D eigenvalue weighted by atomic mass is 9.97. The second-order valence-electron chi connectivity index (χ2n) is 8.89. The molecule has 1 N–H and O–H groups in total. The van der Waals surface area contributed by atoms with Gasteiger partial charge in [0.25, 0.3) is 5.19 Å². The van der Waals surface area contributed by atoms with E-state index in [4.69, 9.17) is 9.15 Å². The Balaban J connectivity index is 1.17. The molecule has 2 aliphatic heterocycles. The molecule has 0 radical (unpaired) electrons. The van der Waals surface area contributed by atoms with Gasteiger partial charge >= 0.3 is 0 Å². The summed E-state index contributed by atoms with van der Waals surface area (Å²) in [6.45, 7) is 2.42. The van der Waals surface area contributed by atoms with Crippen LogP contribution >= 0.6 is 11.3 Å². The Morgan fingerprint density at radius 2 is 2.00 bits per heavy atom. The van der Waals surface area contributed by atoms with Crippen molar-refractivity contribution in [1.29, 1.82) is 0 Å². The summed E-state index contributed by atoms with van der Waals surface area (Å²) >= 11 is 1.55. The Morgan fingerprint density at radius 3 is 2.78 bits per heavy atom. The largest absolute Gasteiger partial charge is 0.460 e. The third kappa shape index (κ3) is 3.76. The molecule has 164 valence electrons. The Labute approximate surface area is 190 Å². The molecular weight excluding hydrogens is 422 g/mol. The highest BCUT2D eigenvalue weighted by Gasteiger charge is 2.41. The number of hydrogen-bond acceptors (Lipinski definition) is 6. The molecule has 2 aromatic heterocycles. The van der Waals surface area contributed by atoms with Gasteiger partial charge in [-0.15, -0.1) is 0 Å². The summed E-state index contributed by atoms with van der Waals surface area (Å²) in [4.78, 5) is 18.6. The van der Waals surface area contributed by atoms with Crippen LogP contribution in [-0.2, 0) is 11.3 Å². The molecule has 0 aliphatic carbocycles. The van der Waals surface area contributed by atoms with Crippen LogP contribution in [0.25, 0.3) is 21.2 Å². The van der Waals surface area contributed by atoms with Crippen LogP contribution in [0.1, 0.15) is 38.4 Å². The maximum Gasteiger partial charge on any atom is 0.279 e. The van der Waals surface area contributed by atoms with E-state index in [0.717, 1.165) is 52.1 Å². The summed E-state index contributed by atoms with van der Waals surface area (Å²) in [7, 11) is 0. The first-order chi connectivity index (χ1) is 15.6. The molecule has 2 bridgehead atoms. The molecule has 4 aromatic rings. The smallest absolute Gasteiger partial charge is 0.279 e. The number of nitrogens with one attached hydrogen (secondary N) is 1. The fourth-order valence-corrected chi connectivity index (χ4v) is 6.17. The standard InChI is InChI=1S/C25H25N3O3S/c1-15(29)26-17-12-18-6-7-19(13-17)28(18)14-21-11-16-10-20(8-9-23(16)30-21)31-25-27-22-4-2-3-5-24(22)32-25/h2-5,8-11,17-19H,6-7,12-14H2,1H3,(H,26,29)/t17-,18+,19-. The molecule has 6 nitrogen and oxygen atoms in total. The second-order valence-corrected chi connectivity index (χ2v) is 9.88. The van der Waals surface area contributed by atoms with Crippen molar-refractivity contribution in [2.24, 2.45) is 0 Å². The van der Waals surface area contributed by atoms with Gasteiger partial charge in [0, 0.05) is 30.4 Å². The van der Waals surface area contributed by atoms with Gasteiger partial charge in [0.15, 0.2) is 0 Å². The lowest BCUT2D eigenvalue weighted by Gasteiger charge is -2.38. The highest BCUT2D eigenvalue weighted by molar-refractivity contribution is 7.20. The van der Waals surface area contributed by atoms with Crippen molar-refractivity contribution >= 4 is 38.4 Å². The summed E-state index contributed by atoms with van der Waals surface area (Å²) < 4.78 is 13.3. The zero-order chi connectivity index (χ0) is 21.7. The molecule has 1 amide bonds. The van der Waals surface area contributed by atoms with Gasteiger partial charge in [0.2, 0.25) is 5.91 Å². The predicted molar refractivity (Wildman–Crippen MR) is 125 cm³/mol. The molecule has 0 unspecified atom stereocenters. The van der Waals surface area contributed by atoms with Gasteiger partial charge in [-0.3, -0.25) is 9.69 Å². The minimum absolute atomic E-state index is 0.0732. The van der Waals surface area contributed by atoms with Crippen molar-refractivity contribution in [3.05, 3.63) is 54.3 Å². The number of carbonyl (C=O) groups excluding carboxylic acids is 1. The van der Waals surface area contributed by atoms with Crippen molar-refractivity contribution < 1.29 is 13.9 Å². The molecular formula is C25H25N3O3S. The number of benzene rings is 2. The number of hydrogen-bond donors (Lipinski definition) is 1. The number of rotatable bonds is 5. The van der Waals surface area contributed by atoms with Crippen LogP contribution in [0, 0.1) is 0 Å². The fourth-order valence-electron chi connectivity index (χ4n) is 5.33. The van der Waals surface area contributed by atoms with E-state index < -0.39 is 0 Å². The van der Waals surface area contributed by atoms with E-state index in [1.807, 2.05) is 36.4 Å². The number of furan rings is 1. The van der Waals surface area contributed by atoms with Gasteiger partial charge in [-0.1, -0.05) is 23.5 Å². The monoisotopic (exact) mass is 447 g/mol. The number of aromatic nitrogens is 1. The van der Waals surface area contributed by atoms with Crippen LogP contribution in [0.15, 0.2) is 52.9 Å². The predicted octanol–water partition coefficient (Wildman–Crippen LogP) is 5.47. The normalized spacial score (nSPS) is 23.1. The molecule has 2 aliphatic rings. The lowest BCUT2D eigenvalue weighted by Crippen LogP contribution is -2.49. The first-order valence-corrected chi connectivity index (χ1v) is 12.0. The third-order valence-electron chi connectivity index (χ3n) is 6.65. The van der Waals surface area contributed by atoms with E-state index in [-0.39, 0.29) is 5.91 Å². The molecule has 0 spiro atoms. The number of thiazole rings is 1. The number of amides is 1. The van der Waals surface area contributed by atoms with E-state index in [1.54, 1.807) is 18.3 Å². The Morgan fingerprint density at radius 1 is 1.19 bits per heavy atom. The quantitative estimate of drug-likeness (QED) is 0.440. The van der Waals surface area contributed by atoms with E-state index in [0.29, 0.717) is 23.3 Å². The average Bonchev–Trinajstić information content (AvgIpc) is 3.41. The molecule has 7 heteroatoms. The summed E-state index contributed by atoms with van der Waals surface area (Å²) in [6.07, 6.45) is 4.44. The van der Waals surface area contributed by atoms with Crippen molar-refractivity contribution in [1.82, 2.24) is 15.2 Å². The highest BCUT2D eigenvalue weighted by atomic mass is 32.1. The number of fused-ring (bicyclic) bond motifs is 4. The van der Waals surface area contributed by atoms with Crippen LogP contribution in [0.4, 0.5) is 0 Å². The van der Waals surface area contributed by atoms with Crippen molar-refractivity contribution in [2.45, 2.75) is 57.3 Å². The zero-order valence-electron chi connectivity index (χ0n) is 17.9. The fraction of sp³-hybridized carbons (Fsp3) is 0.360. The van der Waals surface area contributed by atoms with Gasteiger partial charge < -0.3 is 14.5 Å². The number of nitrogens with zero attached hydrogens (tertiary/aromatic N) is 2. The summed E-state index contributed by atoms with van der Waals surface area (Å²) in [5, 5.41) is 4.80. The van der Waals surface area contributed by atoms with Crippen LogP contribution in [0.2, 0.25) is 0 Å². The van der Waals surface area contributed by atoms with E-state index in [1.165, 1.54) is 12.8 Å². The Kier molecular flexibility index (Phi) is 4.88. The van der Waals surface area contributed by atoms with Crippen molar-refractivity contribution in [3.8, 4) is 10.9 Å². The zero-order valence-corrected chi connectivity index (χ0v) is 18.7. The first kappa shape index (κ1) is 19.8.